The highest BCUT2D eigenvalue weighted by Crippen LogP contribution is 2.34. The molecule has 162 valence electrons. The lowest BCUT2D eigenvalue weighted by Crippen LogP contribution is -2.43. The van der Waals surface area contributed by atoms with Gasteiger partial charge < -0.3 is 9.72 Å². The van der Waals surface area contributed by atoms with Gasteiger partial charge in [0.2, 0.25) is 10.0 Å². The van der Waals surface area contributed by atoms with Crippen LogP contribution in [-0.4, -0.2) is 37.4 Å². The third-order valence-electron chi connectivity index (χ3n) is 3.99. The lowest BCUT2D eigenvalue weighted by atomic mass is 9.97. The summed E-state index contributed by atoms with van der Waals surface area (Å²) < 4.78 is 69.0. The van der Waals surface area contributed by atoms with Gasteiger partial charge in [-0.3, -0.25) is 4.79 Å². The van der Waals surface area contributed by atoms with Crippen LogP contribution in [0.15, 0.2) is 21.7 Å². The molecule has 29 heavy (non-hydrogen) atoms. The maximum Gasteiger partial charge on any atom is 0.348 e. The van der Waals surface area contributed by atoms with Crippen molar-refractivity contribution in [3.63, 3.8) is 0 Å². The second kappa shape index (κ2) is 8.57. The van der Waals surface area contributed by atoms with Crippen LogP contribution in [0.1, 0.15) is 44.2 Å². The first-order valence-electron chi connectivity index (χ1n) is 8.66. The molecule has 1 heterocycles. The Morgan fingerprint density at radius 1 is 1.14 bits per heavy atom. The molecule has 2 atom stereocenters. The summed E-state index contributed by atoms with van der Waals surface area (Å²) in [5.74, 6) is 0.116. The van der Waals surface area contributed by atoms with Gasteiger partial charge in [-0.25, -0.2) is 31.2 Å². The number of sulfonamides is 1. The van der Waals surface area contributed by atoms with E-state index in [1.807, 2.05) is 13.8 Å². The van der Waals surface area contributed by atoms with Crippen LogP contribution in [0.3, 0.4) is 0 Å². The molecule has 2 N–H and O–H groups in total. The van der Waals surface area contributed by atoms with Gasteiger partial charge in [-0.15, -0.1) is 0 Å². The highest BCUT2D eigenvalue weighted by molar-refractivity contribution is 7.91. The standard InChI is InChI=1S/C17H22F3N3O5S/c1-8(2)7-28-9(3)10-5-12-13(6-11(10)14(18)15(19)20)21-17(25)23(16(12)24)22-29(4,26)27/h5-6,8-9,14-15,22H,7H2,1-4H3,(H,21,25). The summed E-state index contributed by atoms with van der Waals surface area (Å²) in [6, 6.07) is 2.08. The van der Waals surface area contributed by atoms with Crippen LogP contribution in [0.25, 0.3) is 10.9 Å². The van der Waals surface area contributed by atoms with E-state index in [4.69, 9.17) is 4.74 Å². The molecule has 0 fully saturated rings. The van der Waals surface area contributed by atoms with Gasteiger partial charge in [0.25, 0.3) is 12.0 Å². The summed E-state index contributed by atoms with van der Waals surface area (Å²) >= 11 is 0. The molecule has 0 spiro atoms. The minimum absolute atomic E-state index is 0.000930. The van der Waals surface area contributed by atoms with Crippen molar-refractivity contribution in [3.05, 3.63) is 44.1 Å². The zero-order valence-corrected chi connectivity index (χ0v) is 17.0. The van der Waals surface area contributed by atoms with Crippen molar-refractivity contribution in [2.24, 2.45) is 5.92 Å². The highest BCUT2D eigenvalue weighted by Gasteiger charge is 2.28. The number of ether oxygens (including phenoxy) is 1. The molecule has 0 aliphatic carbocycles. The molecule has 0 saturated heterocycles. The van der Waals surface area contributed by atoms with Gasteiger partial charge in [-0.05, 0) is 36.1 Å². The second-order valence-corrected chi connectivity index (χ2v) is 8.79. The summed E-state index contributed by atoms with van der Waals surface area (Å²) in [5.41, 5.74) is -2.81. The van der Waals surface area contributed by atoms with E-state index in [-0.39, 0.29) is 33.7 Å². The smallest absolute Gasteiger partial charge is 0.348 e. The molecule has 2 rings (SSSR count). The normalized spacial score (nSPS) is 14.5. The largest absolute Gasteiger partial charge is 0.374 e. The zero-order chi connectivity index (χ0) is 22.1. The zero-order valence-electron chi connectivity index (χ0n) is 16.2. The number of hydrogen-bond acceptors (Lipinski definition) is 5. The van der Waals surface area contributed by atoms with Gasteiger partial charge in [0.1, 0.15) is 0 Å². The summed E-state index contributed by atoms with van der Waals surface area (Å²) in [6.45, 7) is 5.51. The molecule has 1 aromatic carbocycles. The number of benzene rings is 1. The van der Waals surface area contributed by atoms with Crippen LogP contribution >= 0.6 is 0 Å². The number of fused-ring (bicyclic) bond motifs is 1. The molecule has 0 radical (unpaired) electrons. The molecule has 2 unspecified atom stereocenters. The van der Waals surface area contributed by atoms with E-state index in [1.54, 1.807) is 4.83 Å². The Morgan fingerprint density at radius 3 is 2.28 bits per heavy atom. The molecule has 0 aliphatic heterocycles. The van der Waals surface area contributed by atoms with Crippen molar-refractivity contribution in [1.29, 1.82) is 0 Å². The molecule has 12 heteroatoms. The minimum Gasteiger partial charge on any atom is -0.374 e. The maximum atomic E-state index is 14.2. The number of H-pyrrole nitrogens is 1. The van der Waals surface area contributed by atoms with E-state index in [9.17, 15) is 31.2 Å². The molecular weight excluding hydrogens is 415 g/mol. The molecule has 0 amide bonds. The van der Waals surface area contributed by atoms with Crippen molar-refractivity contribution < 1.29 is 26.3 Å². The van der Waals surface area contributed by atoms with Crippen molar-refractivity contribution >= 4 is 20.9 Å². The number of aromatic nitrogens is 2. The maximum absolute atomic E-state index is 14.2. The average molecular weight is 437 g/mol. The molecular formula is C17H22F3N3O5S. The van der Waals surface area contributed by atoms with Crippen molar-refractivity contribution in [2.45, 2.75) is 39.5 Å². The van der Waals surface area contributed by atoms with Crippen LogP contribution < -0.4 is 16.1 Å². The van der Waals surface area contributed by atoms with Crippen molar-refractivity contribution in [2.75, 3.05) is 17.7 Å². The van der Waals surface area contributed by atoms with E-state index in [0.29, 0.717) is 0 Å². The van der Waals surface area contributed by atoms with Crippen LogP contribution in [0, 0.1) is 5.92 Å². The van der Waals surface area contributed by atoms with Crippen LogP contribution in [0.2, 0.25) is 0 Å². The monoisotopic (exact) mass is 437 g/mol. The summed E-state index contributed by atoms with van der Waals surface area (Å²) in [5, 5.41) is -0.194. The third-order valence-corrected chi connectivity index (χ3v) is 4.51. The number of rotatable bonds is 8. The highest BCUT2D eigenvalue weighted by atomic mass is 32.2. The van der Waals surface area contributed by atoms with Gasteiger partial charge in [0.15, 0.2) is 6.17 Å². The predicted octanol–water partition coefficient (Wildman–Crippen LogP) is 2.20. The Morgan fingerprint density at radius 2 is 1.76 bits per heavy atom. The first-order chi connectivity index (χ1) is 13.3. The lowest BCUT2D eigenvalue weighted by molar-refractivity contribution is 0.0345. The minimum atomic E-state index is -3.96. The van der Waals surface area contributed by atoms with E-state index >= 15 is 0 Å². The fraction of sp³-hybridized carbons (Fsp3) is 0.529. The number of alkyl halides is 3. The molecule has 0 saturated carbocycles. The average Bonchev–Trinajstić information content (AvgIpc) is 2.60. The Balaban J connectivity index is 2.75. The van der Waals surface area contributed by atoms with Crippen LogP contribution in [0.4, 0.5) is 13.2 Å². The first kappa shape index (κ1) is 22.9. The number of halogens is 3. The van der Waals surface area contributed by atoms with E-state index in [0.717, 1.165) is 18.4 Å². The lowest BCUT2D eigenvalue weighted by Gasteiger charge is -2.21. The Bertz CT molecular complexity index is 1110. The predicted molar refractivity (Wildman–Crippen MR) is 102 cm³/mol. The Kier molecular flexibility index (Phi) is 6.78. The quantitative estimate of drug-likeness (QED) is 0.658. The third kappa shape index (κ3) is 5.38. The molecule has 2 aromatic rings. The number of nitrogens with zero attached hydrogens (tertiary/aromatic N) is 1. The topological polar surface area (TPSA) is 110 Å². The molecule has 0 bridgehead atoms. The second-order valence-electron chi connectivity index (χ2n) is 7.07. The Hall–Kier alpha value is -2.34. The van der Waals surface area contributed by atoms with Gasteiger partial charge in [-0.1, -0.05) is 13.8 Å². The van der Waals surface area contributed by atoms with Crippen LogP contribution in [-0.2, 0) is 14.8 Å². The number of nitrogens with one attached hydrogen (secondary N) is 2. The first-order valence-corrected chi connectivity index (χ1v) is 10.6. The van der Waals surface area contributed by atoms with Crippen molar-refractivity contribution in [3.8, 4) is 0 Å². The number of hydrogen-bond donors (Lipinski definition) is 2. The molecule has 0 aliphatic rings. The van der Waals surface area contributed by atoms with E-state index in [1.165, 1.54) is 6.92 Å². The SMILES string of the molecule is CC(C)COC(C)c1cc2c(=O)n(NS(C)(=O)=O)c(=O)[nH]c2cc1C(F)C(F)F. The van der Waals surface area contributed by atoms with Gasteiger partial charge in [0.05, 0.1) is 23.3 Å². The van der Waals surface area contributed by atoms with Crippen LogP contribution in [0.5, 0.6) is 0 Å². The molecule has 8 nitrogen and oxygen atoms in total. The fourth-order valence-electron chi connectivity index (χ4n) is 2.70. The van der Waals surface area contributed by atoms with E-state index < -0.39 is 45.5 Å². The summed E-state index contributed by atoms with van der Waals surface area (Å²) in [6.07, 6.45) is -6.09. The summed E-state index contributed by atoms with van der Waals surface area (Å²) in [7, 11) is -3.96. The van der Waals surface area contributed by atoms with Crippen molar-refractivity contribution in [1.82, 2.24) is 9.66 Å². The Labute approximate surface area is 164 Å². The van der Waals surface area contributed by atoms with Gasteiger partial charge in [0, 0.05) is 6.61 Å². The number of aromatic amines is 1. The van der Waals surface area contributed by atoms with Gasteiger partial charge in [-0.2, -0.15) is 4.68 Å². The van der Waals surface area contributed by atoms with Gasteiger partial charge >= 0.3 is 5.69 Å². The molecule has 1 aromatic heterocycles. The fourth-order valence-corrected chi connectivity index (χ4v) is 3.20. The summed E-state index contributed by atoms with van der Waals surface area (Å²) in [4.78, 5) is 28.6. The van der Waals surface area contributed by atoms with E-state index in [2.05, 4.69) is 4.98 Å².